The van der Waals surface area contributed by atoms with E-state index in [1.807, 2.05) is 45.3 Å². The Bertz CT molecular complexity index is 2660. The van der Waals surface area contributed by atoms with Gasteiger partial charge in [0.2, 0.25) is 0 Å². The Labute approximate surface area is 257 Å². The van der Waals surface area contributed by atoms with Crippen LogP contribution in [0.4, 0.5) is 0 Å². The first-order valence-corrected chi connectivity index (χ1v) is 17.2. The third-order valence-electron chi connectivity index (χ3n) is 8.42. The maximum absolute atomic E-state index is 2.41. The standard InChI is InChI=1S/C38H20S4/c1-2-6-22-17-35-29(15-21(22)5-1)37-38(41-35)30-16-23-9-10-25(13-27(23)19-36(30)42-37)34-20-28-14-26(11-12-32(28)40-34)33-18-24-7-3-4-8-31(24)39-33/h1-20H. The van der Waals surface area contributed by atoms with Gasteiger partial charge in [0.1, 0.15) is 0 Å². The van der Waals surface area contributed by atoms with Crippen LogP contribution in [0.2, 0.25) is 0 Å². The molecule has 0 unspecified atom stereocenters. The lowest BCUT2D eigenvalue weighted by atomic mass is 10.0. The molecule has 0 saturated heterocycles. The molecule has 10 rings (SSSR count). The Hall–Kier alpha value is -4.06. The molecule has 0 aliphatic heterocycles. The van der Waals surface area contributed by atoms with Gasteiger partial charge in [-0.2, -0.15) is 0 Å². The SMILES string of the molecule is c1ccc2cc3c(cc2c1)sc1c2cc4ccc(-c5cc6cc(-c7cc8ccccc8s7)ccc6s5)cc4cc2sc31. The molecule has 4 aromatic heterocycles. The van der Waals surface area contributed by atoms with Gasteiger partial charge in [-0.25, -0.2) is 0 Å². The summed E-state index contributed by atoms with van der Waals surface area (Å²) in [6.45, 7) is 0. The molecule has 0 aliphatic rings. The number of hydrogen-bond acceptors (Lipinski definition) is 4. The van der Waals surface area contributed by atoms with Gasteiger partial charge in [0.25, 0.3) is 0 Å². The van der Waals surface area contributed by atoms with Crippen LogP contribution in [-0.2, 0) is 0 Å². The van der Waals surface area contributed by atoms with Crippen molar-refractivity contribution in [2.24, 2.45) is 0 Å². The van der Waals surface area contributed by atoms with E-state index in [4.69, 9.17) is 0 Å². The molecule has 0 saturated carbocycles. The van der Waals surface area contributed by atoms with E-state index in [0.29, 0.717) is 0 Å². The van der Waals surface area contributed by atoms with E-state index in [-0.39, 0.29) is 0 Å². The maximum Gasteiger partial charge on any atom is 0.0542 e. The zero-order valence-corrected chi connectivity index (χ0v) is 25.4. The van der Waals surface area contributed by atoms with Gasteiger partial charge in [-0.05, 0) is 104 Å². The Morgan fingerprint density at radius 3 is 1.55 bits per heavy atom. The zero-order valence-electron chi connectivity index (χ0n) is 22.2. The van der Waals surface area contributed by atoms with E-state index in [1.54, 1.807) is 0 Å². The highest BCUT2D eigenvalue weighted by Crippen LogP contribution is 2.47. The summed E-state index contributed by atoms with van der Waals surface area (Å²) < 4.78 is 8.28. The predicted molar refractivity (Wildman–Crippen MR) is 191 cm³/mol. The fourth-order valence-corrected chi connectivity index (χ4v) is 11.1. The lowest BCUT2D eigenvalue weighted by molar-refractivity contribution is 1.78. The number of hydrogen-bond donors (Lipinski definition) is 0. The molecule has 0 aliphatic carbocycles. The molecule has 196 valence electrons. The topological polar surface area (TPSA) is 0 Å². The molecule has 4 heterocycles. The van der Waals surface area contributed by atoms with E-state index < -0.39 is 0 Å². The average molecular weight is 605 g/mol. The van der Waals surface area contributed by atoms with Crippen molar-refractivity contribution in [3.05, 3.63) is 121 Å². The van der Waals surface area contributed by atoms with Crippen LogP contribution in [0.25, 0.3) is 92.2 Å². The second kappa shape index (κ2) is 8.73. The minimum absolute atomic E-state index is 1.29. The minimum Gasteiger partial charge on any atom is -0.135 e. The average Bonchev–Trinajstić information content (AvgIpc) is 3.79. The van der Waals surface area contributed by atoms with Crippen molar-refractivity contribution in [1.82, 2.24) is 0 Å². The summed E-state index contributed by atoms with van der Waals surface area (Å²) in [5, 5.41) is 10.7. The Morgan fingerprint density at radius 2 is 0.833 bits per heavy atom. The molecular formula is C38H20S4. The van der Waals surface area contributed by atoms with Gasteiger partial charge in [-0.15, -0.1) is 45.3 Å². The first-order valence-electron chi connectivity index (χ1n) is 14.0. The Balaban J connectivity index is 1.07. The summed E-state index contributed by atoms with van der Waals surface area (Å²) in [5.74, 6) is 0. The fraction of sp³-hybridized carbons (Fsp3) is 0. The van der Waals surface area contributed by atoms with Crippen molar-refractivity contribution in [2.75, 3.05) is 0 Å². The van der Waals surface area contributed by atoms with Gasteiger partial charge < -0.3 is 0 Å². The van der Waals surface area contributed by atoms with Crippen LogP contribution < -0.4 is 0 Å². The van der Waals surface area contributed by atoms with Crippen molar-refractivity contribution >= 4 is 117 Å². The van der Waals surface area contributed by atoms with Gasteiger partial charge >= 0.3 is 0 Å². The van der Waals surface area contributed by atoms with Crippen molar-refractivity contribution in [3.8, 4) is 20.9 Å². The molecule has 0 fully saturated rings. The molecule has 10 aromatic rings. The highest BCUT2D eigenvalue weighted by atomic mass is 32.1. The molecule has 0 atom stereocenters. The normalized spacial score (nSPS) is 12.3. The molecule has 4 heteroatoms. The first-order chi connectivity index (χ1) is 20.7. The monoisotopic (exact) mass is 604 g/mol. The highest BCUT2D eigenvalue weighted by molar-refractivity contribution is 7.36. The van der Waals surface area contributed by atoms with Crippen LogP contribution in [0.15, 0.2) is 121 Å². The van der Waals surface area contributed by atoms with E-state index in [0.717, 1.165) is 0 Å². The van der Waals surface area contributed by atoms with Crippen LogP contribution >= 0.6 is 45.3 Å². The van der Waals surface area contributed by atoms with E-state index in [2.05, 4.69) is 121 Å². The number of benzene rings is 6. The number of thiophene rings is 4. The summed E-state index contributed by atoms with van der Waals surface area (Å²) in [4.78, 5) is 2.66. The second-order valence-electron chi connectivity index (χ2n) is 11.0. The largest absolute Gasteiger partial charge is 0.135 e. The molecule has 0 nitrogen and oxygen atoms in total. The van der Waals surface area contributed by atoms with Crippen LogP contribution in [0.3, 0.4) is 0 Å². The Kier molecular flexibility index (Phi) is 4.88. The summed E-state index contributed by atoms with van der Waals surface area (Å²) in [5.41, 5.74) is 2.59. The summed E-state index contributed by atoms with van der Waals surface area (Å²) in [6.07, 6.45) is 0. The van der Waals surface area contributed by atoms with Crippen LogP contribution in [0, 0.1) is 0 Å². The summed E-state index contributed by atoms with van der Waals surface area (Å²) in [6, 6.07) is 45.5. The van der Waals surface area contributed by atoms with Gasteiger partial charge in [-0.1, -0.05) is 60.7 Å². The van der Waals surface area contributed by atoms with E-state index in [1.165, 1.54) is 92.2 Å². The van der Waals surface area contributed by atoms with Crippen molar-refractivity contribution in [1.29, 1.82) is 0 Å². The van der Waals surface area contributed by atoms with Crippen molar-refractivity contribution in [3.63, 3.8) is 0 Å². The molecule has 0 spiro atoms. The summed E-state index contributed by atoms with van der Waals surface area (Å²) in [7, 11) is 0. The van der Waals surface area contributed by atoms with Gasteiger partial charge in [0.05, 0.1) is 9.40 Å². The van der Waals surface area contributed by atoms with Gasteiger partial charge in [0, 0.05) is 39.3 Å². The molecule has 0 bridgehead atoms. The van der Waals surface area contributed by atoms with Crippen molar-refractivity contribution < 1.29 is 0 Å². The molecule has 0 radical (unpaired) electrons. The lowest BCUT2D eigenvalue weighted by Gasteiger charge is -2.03. The third kappa shape index (κ3) is 3.50. The highest BCUT2D eigenvalue weighted by Gasteiger charge is 2.15. The van der Waals surface area contributed by atoms with Crippen molar-refractivity contribution in [2.45, 2.75) is 0 Å². The molecule has 42 heavy (non-hydrogen) atoms. The predicted octanol–water partition coefficient (Wildman–Crippen LogP) is 13.3. The van der Waals surface area contributed by atoms with E-state index in [9.17, 15) is 0 Å². The van der Waals surface area contributed by atoms with E-state index >= 15 is 0 Å². The molecule has 6 aromatic carbocycles. The van der Waals surface area contributed by atoms with Crippen LogP contribution in [0.1, 0.15) is 0 Å². The molecule has 0 amide bonds. The number of rotatable bonds is 2. The first kappa shape index (κ1) is 23.5. The van der Waals surface area contributed by atoms with Crippen LogP contribution in [0.5, 0.6) is 0 Å². The Morgan fingerprint density at radius 1 is 0.310 bits per heavy atom. The third-order valence-corrected chi connectivity index (χ3v) is 13.2. The van der Waals surface area contributed by atoms with Gasteiger partial charge in [0.15, 0.2) is 0 Å². The molecule has 0 N–H and O–H groups in total. The quantitative estimate of drug-likeness (QED) is 0.184. The zero-order chi connectivity index (χ0) is 27.4. The van der Waals surface area contributed by atoms with Crippen LogP contribution in [-0.4, -0.2) is 0 Å². The number of fused-ring (bicyclic) bond motifs is 9. The smallest absolute Gasteiger partial charge is 0.0542 e. The molecular weight excluding hydrogens is 585 g/mol. The van der Waals surface area contributed by atoms with Gasteiger partial charge in [-0.3, -0.25) is 0 Å². The summed E-state index contributed by atoms with van der Waals surface area (Å²) >= 11 is 7.64. The maximum atomic E-state index is 2.41. The minimum atomic E-state index is 1.29. The lowest BCUT2D eigenvalue weighted by Crippen LogP contribution is -1.76. The fourth-order valence-electron chi connectivity index (χ4n) is 6.30. The second-order valence-corrected chi connectivity index (χ2v) is 15.3.